The van der Waals surface area contributed by atoms with Gasteiger partial charge >= 0.3 is 0 Å². The van der Waals surface area contributed by atoms with Gasteiger partial charge in [0.05, 0.1) is 23.1 Å². The highest BCUT2D eigenvalue weighted by Crippen LogP contribution is 2.22. The number of nitrogens with zero attached hydrogens (tertiary/aromatic N) is 2. The van der Waals surface area contributed by atoms with E-state index in [2.05, 4.69) is 29.4 Å². The molecular formula is C14H11N3S2. The van der Waals surface area contributed by atoms with Crippen LogP contribution in [-0.2, 0) is 6.54 Å². The lowest BCUT2D eigenvalue weighted by Gasteiger charge is -2.04. The van der Waals surface area contributed by atoms with E-state index in [4.69, 9.17) is 17.5 Å². The van der Waals surface area contributed by atoms with Gasteiger partial charge in [0.15, 0.2) is 4.77 Å². The molecule has 3 nitrogen and oxygen atoms in total. The second-order valence-corrected chi connectivity index (χ2v) is 5.74. The van der Waals surface area contributed by atoms with E-state index >= 15 is 0 Å². The third kappa shape index (κ3) is 1.99. The van der Waals surface area contributed by atoms with Gasteiger partial charge in [-0.2, -0.15) is 5.26 Å². The average Bonchev–Trinajstić information content (AvgIpc) is 2.95. The molecule has 2 aromatic heterocycles. The van der Waals surface area contributed by atoms with Gasteiger partial charge in [-0.1, -0.05) is 6.07 Å². The van der Waals surface area contributed by atoms with E-state index in [-0.39, 0.29) is 0 Å². The molecule has 0 aliphatic heterocycles. The topological polar surface area (TPSA) is 44.5 Å². The van der Waals surface area contributed by atoms with Gasteiger partial charge in [0, 0.05) is 4.88 Å². The van der Waals surface area contributed by atoms with Crippen molar-refractivity contribution < 1.29 is 0 Å². The first-order valence-corrected chi connectivity index (χ1v) is 7.14. The molecule has 0 radical (unpaired) electrons. The number of aromatic amines is 1. The Morgan fingerprint density at radius 3 is 2.95 bits per heavy atom. The summed E-state index contributed by atoms with van der Waals surface area (Å²) in [4.78, 5) is 4.43. The molecule has 0 bridgehead atoms. The molecule has 3 aromatic rings. The zero-order valence-electron chi connectivity index (χ0n) is 10.3. The monoisotopic (exact) mass is 285 g/mol. The molecule has 0 saturated heterocycles. The fourth-order valence-corrected chi connectivity index (χ4v) is 3.30. The summed E-state index contributed by atoms with van der Waals surface area (Å²) in [6, 6.07) is 9.98. The number of nitriles is 1. The number of imidazole rings is 1. The van der Waals surface area contributed by atoms with Gasteiger partial charge in [0.2, 0.25) is 0 Å². The number of aromatic nitrogens is 2. The zero-order valence-corrected chi connectivity index (χ0v) is 11.9. The van der Waals surface area contributed by atoms with Crippen LogP contribution >= 0.6 is 23.6 Å². The number of benzene rings is 1. The van der Waals surface area contributed by atoms with Crippen molar-refractivity contribution in [1.29, 1.82) is 5.26 Å². The van der Waals surface area contributed by atoms with Crippen LogP contribution < -0.4 is 0 Å². The Morgan fingerprint density at radius 2 is 2.26 bits per heavy atom. The molecule has 0 spiro atoms. The van der Waals surface area contributed by atoms with Crippen LogP contribution in [0.2, 0.25) is 0 Å². The van der Waals surface area contributed by atoms with E-state index in [0.29, 0.717) is 10.3 Å². The first-order valence-electron chi connectivity index (χ1n) is 5.85. The van der Waals surface area contributed by atoms with Crippen LogP contribution in [0.3, 0.4) is 0 Å². The van der Waals surface area contributed by atoms with Crippen LogP contribution in [0, 0.1) is 23.0 Å². The number of nitrogens with one attached hydrogen (secondary N) is 1. The van der Waals surface area contributed by atoms with E-state index in [9.17, 15) is 0 Å². The highest BCUT2D eigenvalue weighted by molar-refractivity contribution is 7.71. The molecule has 2 heterocycles. The predicted molar refractivity (Wildman–Crippen MR) is 80.0 cm³/mol. The molecule has 0 amide bonds. The van der Waals surface area contributed by atoms with Crippen molar-refractivity contribution in [3.05, 3.63) is 50.4 Å². The molecule has 94 valence electrons. The second kappa shape index (κ2) is 4.65. The van der Waals surface area contributed by atoms with E-state index in [1.165, 1.54) is 10.4 Å². The summed E-state index contributed by atoms with van der Waals surface area (Å²) in [6.07, 6.45) is 0. The molecule has 0 saturated carbocycles. The van der Waals surface area contributed by atoms with Crippen LogP contribution in [-0.4, -0.2) is 9.55 Å². The highest BCUT2D eigenvalue weighted by Gasteiger charge is 2.09. The van der Waals surface area contributed by atoms with Gasteiger partial charge < -0.3 is 9.55 Å². The summed E-state index contributed by atoms with van der Waals surface area (Å²) in [5.41, 5.74) is 3.71. The molecule has 3 rings (SSSR count). The molecule has 19 heavy (non-hydrogen) atoms. The summed E-state index contributed by atoms with van der Waals surface area (Å²) in [5, 5.41) is 11.2. The summed E-state index contributed by atoms with van der Waals surface area (Å²) in [5.74, 6) is 0. The van der Waals surface area contributed by atoms with Gasteiger partial charge in [-0.3, -0.25) is 0 Å². The lowest BCUT2D eigenvalue weighted by molar-refractivity contribution is 0.819. The van der Waals surface area contributed by atoms with Crippen LogP contribution in [0.4, 0.5) is 0 Å². The van der Waals surface area contributed by atoms with E-state index in [0.717, 1.165) is 17.6 Å². The Labute approximate surface area is 119 Å². The Balaban J connectivity index is 2.20. The van der Waals surface area contributed by atoms with Gasteiger partial charge in [0.25, 0.3) is 0 Å². The van der Waals surface area contributed by atoms with E-state index in [1.54, 1.807) is 17.4 Å². The Kier molecular flexibility index (Phi) is 2.97. The quantitative estimate of drug-likeness (QED) is 0.724. The summed E-state index contributed by atoms with van der Waals surface area (Å²) in [7, 11) is 0. The number of rotatable bonds is 2. The summed E-state index contributed by atoms with van der Waals surface area (Å²) in [6.45, 7) is 2.85. The van der Waals surface area contributed by atoms with Crippen LogP contribution in [0.1, 0.15) is 16.0 Å². The maximum Gasteiger partial charge on any atom is 0.178 e. The molecule has 1 N–H and O–H groups in total. The third-order valence-electron chi connectivity index (χ3n) is 3.20. The molecule has 5 heteroatoms. The normalized spacial score (nSPS) is 10.7. The zero-order chi connectivity index (χ0) is 13.4. The number of para-hydroxylation sites is 1. The van der Waals surface area contributed by atoms with Crippen molar-refractivity contribution >= 4 is 34.6 Å². The van der Waals surface area contributed by atoms with Crippen molar-refractivity contribution in [1.82, 2.24) is 9.55 Å². The van der Waals surface area contributed by atoms with Gasteiger partial charge in [-0.25, -0.2) is 0 Å². The molecule has 0 fully saturated rings. The minimum atomic E-state index is 0.630. The van der Waals surface area contributed by atoms with Crippen molar-refractivity contribution in [2.45, 2.75) is 13.5 Å². The Bertz CT molecular complexity index is 846. The number of H-pyrrole nitrogens is 1. The van der Waals surface area contributed by atoms with Crippen molar-refractivity contribution in [3.63, 3.8) is 0 Å². The Hall–Kier alpha value is -1.90. The number of fused-ring (bicyclic) bond motifs is 1. The van der Waals surface area contributed by atoms with Gasteiger partial charge in [-0.05, 0) is 48.3 Å². The summed E-state index contributed by atoms with van der Waals surface area (Å²) >= 11 is 7.11. The maximum atomic E-state index is 9.13. The van der Waals surface area contributed by atoms with Crippen LogP contribution in [0.5, 0.6) is 0 Å². The molecule has 0 aliphatic carbocycles. The minimum absolute atomic E-state index is 0.630. The molecule has 0 unspecified atom stereocenters. The van der Waals surface area contributed by atoms with Crippen molar-refractivity contribution in [3.8, 4) is 6.07 Å². The standard InChI is InChI=1S/C14H11N3S2/c1-9-5-6-19-12(9)8-17-11-4-2-3-10(7-15)13(11)16-14(17)18/h2-6H,8H2,1H3,(H,16,18). The fraction of sp³-hybridized carbons (Fsp3) is 0.143. The van der Waals surface area contributed by atoms with Gasteiger partial charge in [0.1, 0.15) is 6.07 Å². The number of hydrogen-bond acceptors (Lipinski definition) is 3. The molecule has 1 aromatic carbocycles. The molecule has 0 atom stereocenters. The average molecular weight is 285 g/mol. The van der Waals surface area contributed by atoms with E-state index < -0.39 is 0 Å². The fourth-order valence-electron chi connectivity index (χ4n) is 2.14. The van der Waals surface area contributed by atoms with Crippen LogP contribution in [0.15, 0.2) is 29.6 Å². The molecule has 0 aliphatic rings. The SMILES string of the molecule is Cc1ccsc1Cn1c(=S)[nH]c2c(C#N)cccc21. The lowest BCUT2D eigenvalue weighted by atomic mass is 10.2. The first kappa shape index (κ1) is 12.2. The van der Waals surface area contributed by atoms with Crippen molar-refractivity contribution in [2.75, 3.05) is 0 Å². The largest absolute Gasteiger partial charge is 0.329 e. The van der Waals surface area contributed by atoms with Crippen molar-refractivity contribution in [2.24, 2.45) is 0 Å². The third-order valence-corrected chi connectivity index (χ3v) is 4.53. The number of thiophene rings is 1. The maximum absolute atomic E-state index is 9.13. The Morgan fingerprint density at radius 1 is 1.42 bits per heavy atom. The van der Waals surface area contributed by atoms with Gasteiger partial charge in [-0.15, -0.1) is 11.3 Å². The second-order valence-electron chi connectivity index (χ2n) is 4.35. The number of aryl methyl sites for hydroxylation is 1. The smallest absolute Gasteiger partial charge is 0.178 e. The highest BCUT2D eigenvalue weighted by atomic mass is 32.1. The number of hydrogen-bond donors (Lipinski definition) is 1. The minimum Gasteiger partial charge on any atom is -0.329 e. The van der Waals surface area contributed by atoms with Crippen LogP contribution in [0.25, 0.3) is 11.0 Å². The lowest BCUT2D eigenvalue weighted by Crippen LogP contribution is -1.98. The molecular weight excluding hydrogens is 274 g/mol. The van der Waals surface area contributed by atoms with E-state index in [1.807, 2.05) is 16.7 Å². The summed E-state index contributed by atoms with van der Waals surface area (Å²) < 4.78 is 2.70. The predicted octanol–water partition coefficient (Wildman–Crippen LogP) is 3.99. The first-order chi connectivity index (χ1) is 9.20.